The molecule has 9 heteroatoms. The standard InChI is InChI=1S/C24H38N2O7/c1-5-7-9-10-11-12-14-31-23(28)19-15-20(32-18(3)4)22(25-16-19)33-24(29)26-17-21(27)30-13-8-6-2/h15-16,18H,5-14,17H2,1-4H3,(H,26,29). The lowest BCUT2D eigenvalue weighted by Crippen LogP contribution is -2.33. The number of unbranched alkanes of at least 4 members (excludes halogenated alkanes) is 6. The number of amides is 1. The van der Waals surface area contributed by atoms with E-state index >= 15 is 0 Å². The van der Waals surface area contributed by atoms with E-state index in [0.29, 0.717) is 13.2 Å². The Morgan fingerprint density at radius 1 is 0.939 bits per heavy atom. The van der Waals surface area contributed by atoms with Gasteiger partial charge in [-0.25, -0.2) is 14.6 Å². The molecule has 1 N–H and O–H groups in total. The van der Waals surface area contributed by atoms with Crippen LogP contribution in [0.5, 0.6) is 11.6 Å². The number of hydrogen-bond acceptors (Lipinski definition) is 8. The molecule has 0 aliphatic heterocycles. The maximum Gasteiger partial charge on any atom is 0.414 e. The van der Waals surface area contributed by atoms with E-state index in [1.54, 1.807) is 13.8 Å². The third-order valence-electron chi connectivity index (χ3n) is 4.48. The zero-order valence-electron chi connectivity index (χ0n) is 20.3. The number of nitrogens with one attached hydrogen (secondary N) is 1. The molecule has 186 valence electrons. The van der Waals surface area contributed by atoms with Crippen molar-refractivity contribution in [1.29, 1.82) is 0 Å². The smallest absolute Gasteiger partial charge is 0.414 e. The van der Waals surface area contributed by atoms with Crippen molar-refractivity contribution in [1.82, 2.24) is 10.3 Å². The van der Waals surface area contributed by atoms with E-state index in [1.807, 2.05) is 6.92 Å². The number of nitrogens with zero attached hydrogens (tertiary/aromatic N) is 1. The van der Waals surface area contributed by atoms with Gasteiger partial charge >= 0.3 is 18.0 Å². The summed E-state index contributed by atoms with van der Waals surface area (Å²) in [6.07, 6.45) is 8.33. The summed E-state index contributed by atoms with van der Waals surface area (Å²) >= 11 is 0. The number of carbonyl (C=O) groups is 3. The van der Waals surface area contributed by atoms with E-state index in [1.165, 1.54) is 31.5 Å². The molecule has 0 aromatic carbocycles. The van der Waals surface area contributed by atoms with Crippen molar-refractivity contribution in [2.45, 2.75) is 85.2 Å². The highest BCUT2D eigenvalue weighted by atomic mass is 16.6. The van der Waals surface area contributed by atoms with E-state index in [9.17, 15) is 14.4 Å². The molecule has 0 aliphatic rings. The Balaban J connectivity index is 2.61. The van der Waals surface area contributed by atoms with Crippen molar-refractivity contribution in [2.24, 2.45) is 0 Å². The second-order valence-electron chi connectivity index (χ2n) is 7.91. The number of pyridine rings is 1. The van der Waals surface area contributed by atoms with Gasteiger partial charge in [-0.1, -0.05) is 52.4 Å². The van der Waals surface area contributed by atoms with E-state index in [2.05, 4.69) is 17.2 Å². The van der Waals surface area contributed by atoms with Crippen molar-refractivity contribution in [3.63, 3.8) is 0 Å². The number of ether oxygens (including phenoxy) is 4. The average molecular weight is 467 g/mol. The van der Waals surface area contributed by atoms with Gasteiger partial charge in [0.15, 0.2) is 5.75 Å². The summed E-state index contributed by atoms with van der Waals surface area (Å²) in [4.78, 5) is 40.0. The Kier molecular flexibility index (Phi) is 14.3. The van der Waals surface area contributed by atoms with Crippen LogP contribution in [-0.2, 0) is 14.3 Å². The van der Waals surface area contributed by atoms with Crippen LogP contribution in [0.2, 0.25) is 0 Å². The van der Waals surface area contributed by atoms with Crippen LogP contribution in [0.3, 0.4) is 0 Å². The normalized spacial score (nSPS) is 10.6. The fourth-order valence-corrected chi connectivity index (χ4v) is 2.74. The number of hydrogen-bond donors (Lipinski definition) is 1. The molecule has 0 saturated carbocycles. The van der Waals surface area contributed by atoms with Gasteiger partial charge in [0.05, 0.1) is 24.9 Å². The van der Waals surface area contributed by atoms with Gasteiger partial charge in [0.1, 0.15) is 6.54 Å². The first-order chi connectivity index (χ1) is 15.9. The number of rotatable bonds is 16. The monoisotopic (exact) mass is 466 g/mol. The minimum atomic E-state index is -0.887. The molecule has 1 amide bonds. The second-order valence-corrected chi connectivity index (χ2v) is 7.91. The molecule has 0 bridgehead atoms. The molecule has 0 radical (unpaired) electrons. The van der Waals surface area contributed by atoms with Crippen LogP contribution < -0.4 is 14.8 Å². The predicted molar refractivity (Wildman–Crippen MR) is 124 cm³/mol. The highest BCUT2D eigenvalue weighted by Gasteiger charge is 2.18. The zero-order chi connectivity index (χ0) is 24.5. The molecule has 0 fully saturated rings. The maximum atomic E-state index is 12.3. The first-order valence-electron chi connectivity index (χ1n) is 11.8. The van der Waals surface area contributed by atoms with Gasteiger partial charge in [-0.15, -0.1) is 0 Å². The van der Waals surface area contributed by atoms with Crippen molar-refractivity contribution in [2.75, 3.05) is 19.8 Å². The molecule has 1 aromatic heterocycles. The molecule has 0 aliphatic carbocycles. The first-order valence-corrected chi connectivity index (χ1v) is 11.8. The third-order valence-corrected chi connectivity index (χ3v) is 4.48. The van der Waals surface area contributed by atoms with Gasteiger partial charge in [-0.2, -0.15) is 0 Å². The minimum Gasteiger partial charge on any atom is -0.485 e. The second kappa shape index (κ2) is 16.7. The van der Waals surface area contributed by atoms with E-state index in [-0.39, 0.29) is 29.8 Å². The Labute approximate surface area is 196 Å². The van der Waals surface area contributed by atoms with E-state index < -0.39 is 18.0 Å². The topological polar surface area (TPSA) is 113 Å². The Morgan fingerprint density at radius 3 is 2.30 bits per heavy atom. The van der Waals surface area contributed by atoms with E-state index in [0.717, 1.165) is 32.1 Å². The summed E-state index contributed by atoms with van der Waals surface area (Å²) in [6.45, 7) is 8.04. The van der Waals surface area contributed by atoms with Crippen molar-refractivity contribution < 1.29 is 33.3 Å². The molecular weight excluding hydrogens is 428 g/mol. The lowest BCUT2D eigenvalue weighted by molar-refractivity contribution is -0.142. The van der Waals surface area contributed by atoms with Crippen molar-refractivity contribution in [3.05, 3.63) is 17.8 Å². The van der Waals surface area contributed by atoms with Gasteiger partial charge in [-0.3, -0.25) is 4.79 Å². The molecule has 0 unspecified atom stereocenters. The molecule has 1 aromatic rings. The summed E-state index contributed by atoms with van der Waals surface area (Å²) in [7, 11) is 0. The first kappa shape index (κ1) is 28.2. The number of esters is 2. The van der Waals surface area contributed by atoms with Crippen LogP contribution >= 0.6 is 0 Å². The molecular formula is C24H38N2O7. The maximum absolute atomic E-state index is 12.3. The highest BCUT2D eigenvalue weighted by Crippen LogP contribution is 2.27. The Morgan fingerprint density at radius 2 is 1.61 bits per heavy atom. The van der Waals surface area contributed by atoms with Crippen LogP contribution in [0.4, 0.5) is 4.79 Å². The zero-order valence-corrected chi connectivity index (χ0v) is 20.3. The molecule has 33 heavy (non-hydrogen) atoms. The van der Waals surface area contributed by atoms with Crippen LogP contribution in [0.25, 0.3) is 0 Å². The van der Waals surface area contributed by atoms with Crippen LogP contribution in [-0.4, -0.2) is 48.9 Å². The fraction of sp³-hybridized carbons (Fsp3) is 0.667. The quantitative estimate of drug-likeness (QED) is 0.273. The molecule has 1 heterocycles. The molecule has 1 rings (SSSR count). The SMILES string of the molecule is CCCCCCCCOC(=O)c1cnc(OC(=O)NCC(=O)OCCCC)c(OC(C)C)c1. The summed E-state index contributed by atoms with van der Waals surface area (Å²) in [5, 5.41) is 2.31. The lowest BCUT2D eigenvalue weighted by Gasteiger charge is -2.14. The Hall–Kier alpha value is -2.84. The summed E-state index contributed by atoms with van der Waals surface area (Å²) in [6, 6.07) is 1.43. The van der Waals surface area contributed by atoms with Crippen molar-refractivity contribution in [3.8, 4) is 11.6 Å². The molecule has 0 saturated heterocycles. The van der Waals surface area contributed by atoms with E-state index in [4.69, 9.17) is 18.9 Å². The molecule has 9 nitrogen and oxygen atoms in total. The average Bonchev–Trinajstić information content (AvgIpc) is 2.78. The summed E-state index contributed by atoms with van der Waals surface area (Å²) in [5.41, 5.74) is 0.198. The third kappa shape index (κ3) is 12.7. The van der Waals surface area contributed by atoms with Gasteiger partial charge in [0, 0.05) is 12.3 Å². The van der Waals surface area contributed by atoms with Gasteiger partial charge in [-0.05, 0) is 26.7 Å². The summed E-state index contributed by atoms with van der Waals surface area (Å²) in [5.74, 6) is -1.07. The fourth-order valence-electron chi connectivity index (χ4n) is 2.74. The Bertz CT molecular complexity index is 738. The number of carbonyl (C=O) groups excluding carboxylic acids is 3. The highest BCUT2D eigenvalue weighted by molar-refractivity contribution is 5.89. The van der Waals surface area contributed by atoms with Crippen LogP contribution in [0.1, 0.15) is 89.4 Å². The lowest BCUT2D eigenvalue weighted by atomic mass is 10.1. The van der Waals surface area contributed by atoms with Crippen molar-refractivity contribution >= 4 is 18.0 Å². The minimum absolute atomic E-state index is 0.118. The largest absolute Gasteiger partial charge is 0.485 e. The molecule has 0 spiro atoms. The van der Waals surface area contributed by atoms with Crippen LogP contribution in [0, 0.1) is 0 Å². The predicted octanol–water partition coefficient (Wildman–Crippen LogP) is 4.82. The van der Waals surface area contributed by atoms with Crippen LogP contribution in [0.15, 0.2) is 12.3 Å². The summed E-state index contributed by atoms with van der Waals surface area (Å²) < 4.78 is 21.1. The van der Waals surface area contributed by atoms with Gasteiger partial charge in [0.2, 0.25) is 0 Å². The molecule has 0 atom stereocenters. The van der Waals surface area contributed by atoms with Gasteiger partial charge < -0.3 is 24.3 Å². The van der Waals surface area contributed by atoms with Gasteiger partial charge in [0.25, 0.3) is 5.88 Å². The number of aromatic nitrogens is 1.